The van der Waals surface area contributed by atoms with E-state index in [1.807, 2.05) is 6.08 Å². The first kappa shape index (κ1) is 51.7. The maximum atomic E-state index is 13.0. The van der Waals surface area contributed by atoms with E-state index in [4.69, 9.17) is 9.47 Å². The molecule has 0 bridgehead atoms. The summed E-state index contributed by atoms with van der Waals surface area (Å²) in [5.41, 5.74) is 0. The highest BCUT2D eigenvalue weighted by Crippen LogP contribution is 2.17. The zero-order valence-electron chi connectivity index (χ0n) is 36.4. The fourth-order valence-corrected chi connectivity index (χ4v) is 7.36. The van der Waals surface area contributed by atoms with Gasteiger partial charge < -0.3 is 9.47 Å². The van der Waals surface area contributed by atoms with Gasteiger partial charge >= 0.3 is 11.9 Å². The summed E-state index contributed by atoms with van der Waals surface area (Å²) in [7, 11) is 0. The normalized spacial score (nSPS) is 12.1. The number of ether oxygens (including phenoxy) is 2. The van der Waals surface area contributed by atoms with Crippen LogP contribution in [0, 0.1) is 5.92 Å². The van der Waals surface area contributed by atoms with Gasteiger partial charge in [-0.3, -0.25) is 9.59 Å². The molecule has 0 aromatic heterocycles. The predicted octanol–water partition coefficient (Wildman–Crippen LogP) is 16.5. The summed E-state index contributed by atoms with van der Waals surface area (Å²) in [5, 5.41) is 0. The Morgan fingerprint density at radius 1 is 0.377 bits per heavy atom. The van der Waals surface area contributed by atoms with Crippen LogP contribution in [0.25, 0.3) is 0 Å². The van der Waals surface area contributed by atoms with Gasteiger partial charge in [0, 0.05) is 0 Å². The fourth-order valence-electron chi connectivity index (χ4n) is 7.36. The second-order valence-corrected chi connectivity index (χ2v) is 16.4. The van der Waals surface area contributed by atoms with Crippen LogP contribution in [0.2, 0.25) is 0 Å². The third-order valence-corrected chi connectivity index (χ3v) is 11.0. The van der Waals surface area contributed by atoms with Crippen molar-refractivity contribution in [2.45, 2.75) is 271 Å². The molecule has 1 atom stereocenters. The maximum absolute atomic E-state index is 13.0. The molecule has 0 aromatic carbocycles. The molecular weight excluding hydrogens is 653 g/mol. The molecule has 0 spiro atoms. The van der Waals surface area contributed by atoms with E-state index in [1.165, 1.54) is 205 Å². The summed E-state index contributed by atoms with van der Waals surface area (Å²) in [6.45, 7) is 7.72. The summed E-state index contributed by atoms with van der Waals surface area (Å²) in [6.07, 6.45) is 53.5. The molecule has 0 saturated carbocycles. The zero-order valence-corrected chi connectivity index (χ0v) is 36.4. The predicted molar refractivity (Wildman–Crippen MR) is 232 cm³/mol. The van der Waals surface area contributed by atoms with Gasteiger partial charge in [-0.1, -0.05) is 251 Å². The molecule has 0 aliphatic carbocycles. The lowest BCUT2D eigenvalue weighted by Crippen LogP contribution is -2.21. The third kappa shape index (κ3) is 41.7. The van der Waals surface area contributed by atoms with Crippen LogP contribution in [0.4, 0.5) is 0 Å². The van der Waals surface area contributed by atoms with Crippen molar-refractivity contribution in [3.63, 3.8) is 0 Å². The van der Waals surface area contributed by atoms with Crippen molar-refractivity contribution in [1.29, 1.82) is 0 Å². The van der Waals surface area contributed by atoms with Crippen molar-refractivity contribution < 1.29 is 19.1 Å². The van der Waals surface area contributed by atoms with Crippen molar-refractivity contribution in [3.8, 4) is 0 Å². The van der Waals surface area contributed by atoms with Gasteiger partial charge in [0.15, 0.2) is 0 Å². The highest BCUT2D eigenvalue weighted by Gasteiger charge is 2.21. The van der Waals surface area contributed by atoms with Crippen LogP contribution < -0.4 is 0 Å². The van der Waals surface area contributed by atoms with Crippen LogP contribution in [-0.4, -0.2) is 25.2 Å². The first-order chi connectivity index (χ1) is 26.2. The minimum atomic E-state index is -0.538. The number of hydrogen-bond donors (Lipinski definition) is 0. The summed E-state index contributed by atoms with van der Waals surface area (Å²) >= 11 is 0. The Kier molecular flexibility index (Phi) is 43.9. The van der Waals surface area contributed by atoms with E-state index in [0.29, 0.717) is 13.2 Å². The fraction of sp³-hybridized carbons (Fsp3) is 0.918. The minimum Gasteiger partial charge on any atom is -0.466 e. The van der Waals surface area contributed by atoms with Gasteiger partial charge in [0.1, 0.15) is 0 Å². The number of hydrogen-bond acceptors (Lipinski definition) is 4. The topological polar surface area (TPSA) is 52.6 Å². The number of rotatable bonds is 44. The lowest BCUT2D eigenvalue weighted by Gasteiger charge is -2.13. The average molecular weight is 747 g/mol. The average Bonchev–Trinajstić information content (AvgIpc) is 3.16. The molecule has 0 rings (SSSR count). The number of unbranched alkanes of at least 4 members (excludes halogenated alkanes) is 35. The molecule has 0 fully saturated rings. The molecule has 0 aromatic rings. The van der Waals surface area contributed by atoms with Crippen molar-refractivity contribution in [3.05, 3.63) is 12.2 Å². The molecule has 1 unspecified atom stereocenters. The Hall–Kier alpha value is -1.32. The highest BCUT2D eigenvalue weighted by atomic mass is 16.5. The molecule has 53 heavy (non-hydrogen) atoms. The third-order valence-electron chi connectivity index (χ3n) is 11.0. The van der Waals surface area contributed by atoms with Gasteiger partial charge in [0.05, 0.1) is 25.6 Å². The Bertz CT molecular complexity index is 762. The lowest BCUT2D eigenvalue weighted by molar-refractivity contribution is -0.153. The number of carbonyl (C=O) groups excluding carboxylic acids is 2. The molecule has 0 aliphatic rings. The van der Waals surface area contributed by atoms with Gasteiger partial charge in [-0.2, -0.15) is 0 Å². The molecule has 314 valence electrons. The summed E-state index contributed by atoms with van der Waals surface area (Å²) in [6, 6.07) is 0. The van der Waals surface area contributed by atoms with E-state index < -0.39 is 5.92 Å². The van der Waals surface area contributed by atoms with Crippen molar-refractivity contribution in [2.75, 3.05) is 13.2 Å². The molecule has 0 saturated heterocycles. The molecule has 4 nitrogen and oxygen atoms in total. The SMILES string of the molecule is CCCCCCCCCCCCCCCCCCC/C=C/C(CC(=O)OCCCCCCCCCCCC)C(=O)OCCCCCCCCCCCC. The second-order valence-electron chi connectivity index (χ2n) is 16.4. The lowest BCUT2D eigenvalue weighted by atomic mass is 10.0. The van der Waals surface area contributed by atoms with Crippen LogP contribution in [0.15, 0.2) is 12.2 Å². The molecule has 4 heteroatoms. The van der Waals surface area contributed by atoms with Crippen LogP contribution >= 0.6 is 0 Å². The molecule has 0 amide bonds. The van der Waals surface area contributed by atoms with E-state index >= 15 is 0 Å². The zero-order chi connectivity index (χ0) is 38.6. The summed E-state index contributed by atoms with van der Waals surface area (Å²) in [4.78, 5) is 25.8. The van der Waals surface area contributed by atoms with Crippen LogP contribution in [0.3, 0.4) is 0 Å². The van der Waals surface area contributed by atoms with Gasteiger partial charge in [-0.25, -0.2) is 0 Å². The van der Waals surface area contributed by atoms with E-state index in [2.05, 4.69) is 26.8 Å². The van der Waals surface area contributed by atoms with E-state index in [9.17, 15) is 9.59 Å². The van der Waals surface area contributed by atoms with Gasteiger partial charge in [0.25, 0.3) is 0 Å². The molecular formula is C49H94O4. The van der Waals surface area contributed by atoms with E-state index in [0.717, 1.165) is 38.5 Å². The summed E-state index contributed by atoms with van der Waals surface area (Å²) in [5.74, 6) is -1.08. The molecule has 0 radical (unpaired) electrons. The number of esters is 2. The Morgan fingerprint density at radius 2 is 0.660 bits per heavy atom. The maximum Gasteiger partial charge on any atom is 0.313 e. The number of allylic oxidation sites excluding steroid dienone is 1. The standard InChI is InChI=1S/C49H94O4/c1-4-7-10-13-16-19-22-23-24-25-26-27-28-29-30-31-34-37-40-43-47(49(51)53-45-42-39-36-33-21-18-15-12-9-6-3)46-48(50)52-44-41-38-35-32-20-17-14-11-8-5-2/h40,43,47H,4-39,41-42,44-46H2,1-3H3/b43-40+. The minimum absolute atomic E-state index is 0.0875. The van der Waals surface area contributed by atoms with Crippen LogP contribution in [0.5, 0.6) is 0 Å². The summed E-state index contributed by atoms with van der Waals surface area (Å²) < 4.78 is 11.3. The number of carbonyl (C=O) groups is 2. The molecule has 0 N–H and O–H groups in total. The second kappa shape index (κ2) is 45.1. The van der Waals surface area contributed by atoms with Gasteiger partial charge in [-0.05, 0) is 25.7 Å². The van der Waals surface area contributed by atoms with Gasteiger partial charge in [0.2, 0.25) is 0 Å². The highest BCUT2D eigenvalue weighted by molar-refractivity contribution is 5.81. The van der Waals surface area contributed by atoms with Crippen molar-refractivity contribution >= 4 is 11.9 Å². The monoisotopic (exact) mass is 747 g/mol. The smallest absolute Gasteiger partial charge is 0.313 e. The quantitative estimate of drug-likeness (QED) is 0.0354. The van der Waals surface area contributed by atoms with Crippen molar-refractivity contribution in [2.24, 2.45) is 5.92 Å². The van der Waals surface area contributed by atoms with Crippen LogP contribution in [0.1, 0.15) is 271 Å². The van der Waals surface area contributed by atoms with Crippen LogP contribution in [-0.2, 0) is 19.1 Å². The Labute approximate surface area is 332 Å². The molecule has 0 heterocycles. The van der Waals surface area contributed by atoms with Gasteiger partial charge in [-0.15, -0.1) is 0 Å². The van der Waals surface area contributed by atoms with Crippen molar-refractivity contribution in [1.82, 2.24) is 0 Å². The molecule has 0 aliphatic heterocycles. The first-order valence-electron chi connectivity index (χ1n) is 24.1. The Morgan fingerprint density at radius 3 is 1.00 bits per heavy atom. The first-order valence-corrected chi connectivity index (χ1v) is 24.1. The largest absolute Gasteiger partial charge is 0.466 e. The van der Waals surface area contributed by atoms with E-state index in [-0.39, 0.29) is 18.4 Å². The Balaban J connectivity index is 4.22. The van der Waals surface area contributed by atoms with E-state index in [1.54, 1.807) is 0 Å².